The van der Waals surface area contributed by atoms with Crippen molar-refractivity contribution in [1.82, 2.24) is 9.55 Å². The molecule has 0 aliphatic carbocycles. The Morgan fingerprint density at radius 3 is 2.81 bits per heavy atom. The van der Waals surface area contributed by atoms with E-state index in [1.807, 2.05) is 24.3 Å². The van der Waals surface area contributed by atoms with Crippen LogP contribution in [0.15, 0.2) is 58.3 Å². The molecular formula is C19H12FN3O2S. The number of nitrogens with zero attached hydrogens (tertiary/aromatic N) is 2. The number of para-hydroxylation sites is 1. The van der Waals surface area contributed by atoms with Crippen LogP contribution in [-0.2, 0) is 0 Å². The summed E-state index contributed by atoms with van der Waals surface area (Å²) in [6.07, 6.45) is 3.16. The number of aromatic amines is 1. The maximum Gasteiger partial charge on any atom is 0.262 e. The topological polar surface area (TPSA) is 70.4 Å². The number of allylic oxidation sites excluding steroid dienone is 1. The lowest BCUT2D eigenvalue weighted by Crippen LogP contribution is -2.16. The predicted octanol–water partition coefficient (Wildman–Crippen LogP) is 4.00. The first-order valence-electron chi connectivity index (χ1n) is 7.74. The van der Waals surface area contributed by atoms with Gasteiger partial charge in [0, 0.05) is 17.4 Å². The first-order chi connectivity index (χ1) is 12.5. The molecule has 7 heteroatoms. The van der Waals surface area contributed by atoms with Gasteiger partial charge in [0.25, 0.3) is 5.56 Å². The van der Waals surface area contributed by atoms with Crippen molar-refractivity contribution < 1.29 is 9.50 Å². The zero-order valence-corrected chi connectivity index (χ0v) is 14.1. The van der Waals surface area contributed by atoms with Crippen LogP contribution in [0.2, 0.25) is 0 Å². The highest BCUT2D eigenvalue weighted by molar-refractivity contribution is 7.71. The summed E-state index contributed by atoms with van der Waals surface area (Å²) in [4.78, 5) is 19.1. The van der Waals surface area contributed by atoms with Gasteiger partial charge in [0.2, 0.25) is 5.88 Å². The monoisotopic (exact) mass is 365 g/mol. The van der Waals surface area contributed by atoms with E-state index < -0.39 is 11.4 Å². The first-order valence-corrected chi connectivity index (χ1v) is 8.15. The van der Waals surface area contributed by atoms with Crippen molar-refractivity contribution in [2.75, 3.05) is 0 Å². The minimum Gasteiger partial charge on any atom is -0.494 e. The molecule has 128 valence electrons. The molecule has 2 heterocycles. The zero-order valence-electron chi connectivity index (χ0n) is 13.3. The minimum absolute atomic E-state index is 0.0148. The minimum atomic E-state index is -0.537. The average molecular weight is 365 g/mol. The molecule has 2 aromatic carbocycles. The standard InChI is InChI=1S/C19H12FN3O2S/c20-12-4-3-5-13(9-12)23-18(25)15(17(24)22-19(23)26)8-11-10-21-16-7-2-1-6-14(11)16/h1-10,25H,(H,22,24,26)/b11-8+. The van der Waals surface area contributed by atoms with Crippen LogP contribution < -0.4 is 5.56 Å². The second kappa shape index (κ2) is 6.20. The largest absolute Gasteiger partial charge is 0.494 e. The fraction of sp³-hybridized carbons (Fsp3) is 0. The summed E-state index contributed by atoms with van der Waals surface area (Å²) in [5.74, 6) is -0.846. The van der Waals surface area contributed by atoms with E-state index in [0.717, 1.165) is 11.3 Å². The molecule has 0 radical (unpaired) electrons. The molecule has 0 amide bonds. The number of nitrogens with one attached hydrogen (secondary N) is 1. The normalized spacial score (nSPS) is 14.0. The number of hydrogen-bond donors (Lipinski definition) is 2. The molecule has 5 nitrogen and oxygen atoms in total. The van der Waals surface area contributed by atoms with Crippen LogP contribution in [0.1, 0.15) is 11.1 Å². The van der Waals surface area contributed by atoms with Crippen molar-refractivity contribution >= 4 is 35.8 Å². The van der Waals surface area contributed by atoms with Gasteiger partial charge in [-0.1, -0.05) is 24.3 Å². The molecule has 3 aromatic rings. The van der Waals surface area contributed by atoms with Gasteiger partial charge in [-0.2, -0.15) is 0 Å². The van der Waals surface area contributed by atoms with E-state index >= 15 is 0 Å². The number of aromatic nitrogens is 2. The smallest absolute Gasteiger partial charge is 0.262 e. The van der Waals surface area contributed by atoms with E-state index in [4.69, 9.17) is 12.2 Å². The van der Waals surface area contributed by atoms with Crippen molar-refractivity contribution in [3.8, 4) is 11.6 Å². The van der Waals surface area contributed by atoms with E-state index in [-0.39, 0.29) is 16.2 Å². The Balaban J connectivity index is 1.93. The molecular weight excluding hydrogens is 353 g/mol. The Labute approximate surface area is 152 Å². The van der Waals surface area contributed by atoms with Crippen molar-refractivity contribution in [2.24, 2.45) is 4.99 Å². The molecule has 0 spiro atoms. The maximum atomic E-state index is 13.6. The van der Waals surface area contributed by atoms with E-state index in [1.165, 1.54) is 28.8 Å². The van der Waals surface area contributed by atoms with E-state index in [1.54, 1.807) is 12.3 Å². The second-order valence-electron chi connectivity index (χ2n) is 5.69. The number of benzene rings is 2. The van der Waals surface area contributed by atoms with Crippen molar-refractivity contribution in [3.05, 3.63) is 80.6 Å². The summed E-state index contributed by atoms with van der Waals surface area (Å²) in [7, 11) is 0. The summed E-state index contributed by atoms with van der Waals surface area (Å²) in [5, 5.41) is 10.7. The molecule has 1 aliphatic heterocycles. The Bertz CT molecular complexity index is 1210. The lowest BCUT2D eigenvalue weighted by atomic mass is 10.1. The highest BCUT2D eigenvalue weighted by atomic mass is 32.1. The van der Waals surface area contributed by atoms with Gasteiger partial charge in [-0.25, -0.2) is 4.39 Å². The fourth-order valence-electron chi connectivity index (χ4n) is 2.83. The molecule has 1 aliphatic rings. The maximum absolute atomic E-state index is 13.6. The van der Waals surface area contributed by atoms with Crippen LogP contribution >= 0.6 is 12.2 Å². The summed E-state index contributed by atoms with van der Waals surface area (Å²) >= 11 is 5.14. The van der Waals surface area contributed by atoms with Crippen LogP contribution in [0, 0.1) is 10.6 Å². The summed E-state index contributed by atoms with van der Waals surface area (Å²) in [6.45, 7) is 0. The molecule has 4 rings (SSSR count). The third-order valence-electron chi connectivity index (χ3n) is 4.04. The lowest BCUT2D eigenvalue weighted by molar-refractivity contribution is 0.431. The summed E-state index contributed by atoms with van der Waals surface area (Å²) < 4.78 is 14.7. The van der Waals surface area contributed by atoms with Gasteiger partial charge in [-0.3, -0.25) is 19.3 Å². The second-order valence-corrected chi connectivity index (χ2v) is 6.07. The molecule has 26 heavy (non-hydrogen) atoms. The van der Waals surface area contributed by atoms with Gasteiger partial charge in [0.1, 0.15) is 11.4 Å². The molecule has 1 aromatic heterocycles. The van der Waals surface area contributed by atoms with Gasteiger partial charge in [0.05, 0.1) is 11.4 Å². The van der Waals surface area contributed by atoms with Crippen molar-refractivity contribution in [1.29, 1.82) is 0 Å². The Hall–Kier alpha value is -3.32. The Morgan fingerprint density at radius 2 is 2.00 bits per heavy atom. The summed E-state index contributed by atoms with van der Waals surface area (Å²) in [6, 6.07) is 13.0. The quantitative estimate of drug-likeness (QED) is 0.675. The van der Waals surface area contributed by atoms with Gasteiger partial charge < -0.3 is 5.11 Å². The lowest BCUT2D eigenvalue weighted by Gasteiger charge is -2.11. The number of aromatic hydroxyl groups is 1. The number of fused-ring (bicyclic) bond motifs is 1. The molecule has 0 atom stereocenters. The molecule has 0 saturated heterocycles. The number of rotatable bonds is 2. The van der Waals surface area contributed by atoms with Gasteiger partial charge >= 0.3 is 0 Å². The van der Waals surface area contributed by atoms with Crippen LogP contribution in [0.4, 0.5) is 10.1 Å². The van der Waals surface area contributed by atoms with Gasteiger partial charge in [-0.05, 0) is 42.6 Å². The fourth-order valence-corrected chi connectivity index (χ4v) is 3.12. The van der Waals surface area contributed by atoms with Crippen molar-refractivity contribution in [2.45, 2.75) is 0 Å². The molecule has 0 unspecified atom stereocenters. The van der Waals surface area contributed by atoms with Crippen molar-refractivity contribution in [3.63, 3.8) is 0 Å². The van der Waals surface area contributed by atoms with E-state index in [0.29, 0.717) is 11.3 Å². The number of aliphatic imine (C=N–C) groups is 1. The zero-order chi connectivity index (χ0) is 18.3. The molecule has 0 fully saturated rings. The molecule has 0 saturated carbocycles. The average Bonchev–Trinajstić information content (AvgIpc) is 3.01. The van der Waals surface area contributed by atoms with E-state index in [9.17, 15) is 14.3 Å². The van der Waals surface area contributed by atoms with Crippen LogP contribution in [-0.4, -0.2) is 20.9 Å². The third kappa shape index (κ3) is 2.68. The third-order valence-corrected chi connectivity index (χ3v) is 4.33. The highest BCUT2D eigenvalue weighted by Gasteiger charge is 2.16. The molecule has 2 N–H and O–H groups in total. The summed E-state index contributed by atoms with van der Waals surface area (Å²) in [5.41, 5.74) is 2.11. The van der Waals surface area contributed by atoms with Gasteiger partial charge in [-0.15, -0.1) is 0 Å². The number of hydrogen-bond acceptors (Lipinski definition) is 4. The number of halogens is 1. The number of H-pyrrole nitrogens is 1. The highest BCUT2D eigenvalue weighted by Crippen LogP contribution is 2.33. The molecule has 0 bridgehead atoms. The Morgan fingerprint density at radius 1 is 1.19 bits per heavy atom. The van der Waals surface area contributed by atoms with E-state index in [2.05, 4.69) is 9.98 Å². The predicted molar refractivity (Wildman–Crippen MR) is 101 cm³/mol. The van der Waals surface area contributed by atoms with Gasteiger partial charge in [0.15, 0.2) is 4.77 Å². The SMILES string of the molecule is O=c1[nH]c(=S)n(-c2cccc(F)c2)c(O)c1/C=C1\C=Nc2ccccc21. The van der Waals surface area contributed by atoms with Crippen LogP contribution in [0.25, 0.3) is 17.3 Å². The van der Waals surface area contributed by atoms with Crippen LogP contribution in [0.3, 0.4) is 0 Å². The Kier molecular flexibility index (Phi) is 3.85. The first kappa shape index (κ1) is 16.2. The van der Waals surface area contributed by atoms with Crippen LogP contribution in [0.5, 0.6) is 5.88 Å².